The van der Waals surface area contributed by atoms with Crippen LogP contribution in [-0.2, 0) is 70.1 Å². The molecule has 390 valence electrons. The Hall–Kier alpha value is -3.34. The molecule has 0 aromatic heterocycles. The highest BCUT2D eigenvalue weighted by Gasteiger charge is 2.65. The topological polar surface area (TPSA) is 111 Å². The van der Waals surface area contributed by atoms with Crippen molar-refractivity contribution in [1.82, 2.24) is 0 Å². The summed E-state index contributed by atoms with van der Waals surface area (Å²) in [7, 11) is 0. The van der Waals surface area contributed by atoms with Crippen LogP contribution in [0, 0.1) is 0 Å². The molecular weight excluding hydrogens is 913 g/mol. The van der Waals surface area contributed by atoms with Crippen LogP contribution in [0.1, 0.15) is 122 Å². The summed E-state index contributed by atoms with van der Waals surface area (Å²) in [5.74, 6) is 0. The fourth-order valence-electron chi connectivity index (χ4n) is 13.8. The summed E-state index contributed by atoms with van der Waals surface area (Å²) in [5, 5.41) is 0. The molecule has 0 N–H and O–H groups in total. The largest absolute Gasteiger partial charge is 0.377 e. The first kappa shape index (κ1) is 50.8. The van der Waals surface area contributed by atoms with Gasteiger partial charge >= 0.3 is 0 Å². The van der Waals surface area contributed by atoms with Gasteiger partial charge in [0.2, 0.25) is 0 Å². The Morgan fingerprint density at radius 3 is 2.04 bits per heavy atom. The van der Waals surface area contributed by atoms with Crippen molar-refractivity contribution in [3.63, 3.8) is 0 Å². The van der Waals surface area contributed by atoms with Gasteiger partial charge in [0.05, 0.1) is 103 Å². The Kier molecular flexibility index (Phi) is 14.6. The van der Waals surface area contributed by atoms with E-state index in [4.69, 9.17) is 56.8 Å². The van der Waals surface area contributed by atoms with E-state index in [0.717, 1.165) is 43.2 Å². The number of hydrogen-bond donors (Lipinski definition) is 0. The van der Waals surface area contributed by atoms with Crippen LogP contribution in [0.25, 0.3) is 0 Å². The molecule has 3 aromatic rings. The van der Waals surface area contributed by atoms with E-state index in [0.29, 0.717) is 58.5 Å². The maximum atomic E-state index is 7.39. The lowest BCUT2D eigenvalue weighted by molar-refractivity contribution is -0.374. The predicted molar refractivity (Wildman–Crippen MR) is 270 cm³/mol. The maximum absolute atomic E-state index is 7.39. The molecule has 72 heavy (non-hydrogen) atoms. The van der Waals surface area contributed by atoms with Crippen LogP contribution < -0.4 is 0 Å². The first-order valence-corrected chi connectivity index (χ1v) is 27.0. The van der Waals surface area contributed by atoms with E-state index in [1.165, 1.54) is 5.56 Å². The number of hydrogen-bond acceptors (Lipinski definition) is 12. The van der Waals surface area contributed by atoms with Gasteiger partial charge in [-0.25, -0.2) is 0 Å². The van der Waals surface area contributed by atoms with Crippen molar-refractivity contribution in [2.75, 3.05) is 13.2 Å². The minimum absolute atomic E-state index is 0.00690. The number of rotatable bonds is 14. The summed E-state index contributed by atoms with van der Waals surface area (Å²) >= 11 is 0. The summed E-state index contributed by atoms with van der Waals surface area (Å²) in [6.07, 6.45) is 7.57. The molecule has 0 amide bonds. The summed E-state index contributed by atoms with van der Waals surface area (Å²) in [6.45, 7) is 21.6. The molecule has 19 atom stereocenters. The minimum Gasteiger partial charge on any atom is -0.377 e. The molecule has 0 spiro atoms. The van der Waals surface area contributed by atoms with E-state index in [-0.39, 0.29) is 73.2 Å². The first-order chi connectivity index (χ1) is 34.8. The van der Waals surface area contributed by atoms with Crippen LogP contribution >= 0.6 is 0 Å². The summed E-state index contributed by atoms with van der Waals surface area (Å²) in [5.41, 5.74) is -0.0699. The Labute approximate surface area is 427 Å². The zero-order valence-corrected chi connectivity index (χ0v) is 43.1. The van der Waals surface area contributed by atoms with Crippen molar-refractivity contribution in [3.05, 3.63) is 133 Å². The fraction of sp³-hybridized carbons (Fsp3) is 0.633. The van der Waals surface area contributed by atoms with Gasteiger partial charge in [0.25, 0.3) is 0 Å². The summed E-state index contributed by atoms with van der Waals surface area (Å²) in [6, 6.07) is 30.8. The third-order valence-electron chi connectivity index (χ3n) is 17.6. The molecule has 8 aliphatic rings. The molecular formula is C60H78O12. The Balaban J connectivity index is 0.758. The lowest BCUT2D eigenvalue weighted by Gasteiger charge is -2.62. The minimum atomic E-state index is -0.803. The Morgan fingerprint density at radius 1 is 0.625 bits per heavy atom. The molecule has 0 bridgehead atoms. The SMILES string of the molecule is C=C[C@@H]1O[C@@H]2C[C@@H]3O[C@@H]4CO[C@@H](c5ccccc5)O[C@H]4CC[C@@]3(C)O[C@@]2(C)C[C@@]1(C)O[C@H]1C[C@H]2O[C@H]3C[C@H]4O[C@@H](CCCOCc5ccccc5)C[C@H](OCc5ccccc5)[C@]4(C)O[C@]3(C)C[C@@H]2O[C@@H]1C=C. The van der Waals surface area contributed by atoms with Crippen LogP contribution in [0.5, 0.6) is 0 Å². The van der Waals surface area contributed by atoms with Crippen molar-refractivity contribution >= 4 is 0 Å². The van der Waals surface area contributed by atoms with Gasteiger partial charge in [-0.1, -0.05) is 103 Å². The second kappa shape index (κ2) is 20.7. The second-order valence-corrected chi connectivity index (χ2v) is 23.1. The molecule has 8 saturated heterocycles. The zero-order chi connectivity index (χ0) is 49.7. The van der Waals surface area contributed by atoms with Crippen molar-refractivity contribution in [3.8, 4) is 0 Å². The van der Waals surface area contributed by atoms with E-state index < -0.39 is 40.4 Å². The molecule has 11 rings (SSSR count). The highest BCUT2D eigenvalue weighted by atomic mass is 16.7. The maximum Gasteiger partial charge on any atom is 0.184 e. The van der Waals surface area contributed by atoms with Gasteiger partial charge in [-0.2, -0.15) is 0 Å². The van der Waals surface area contributed by atoms with Crippen LogP contribution in [0.2, 0.25) is 0 Å². The van der Waals surface area contributed by atoms with E-state index >= 15 is 0 Å². The van der Waals surface area contributed by atoms with E-state index in [1.54, 1.807) is 0 Å². The van der Waals surface area contributed by atoms with Crippen LogP contribution in [-0.4, -0.2) is 121 Å². The van der Waals surface area contributed by atoms with E-state index in [1.807, 2.05) is 66.7 Å². The van der Waals surface area contributed by atoms with Crippen molar-refractivity contribution in [1.29, 1.82) is 0 Å². The standard InChI is InChI=1S/C60H78O12/c1-8-43-46(70-58(5)38-59(6)52(69-49(58)9-2)32-50-56(3,71-59)28-27-44-48(67-50)37-63-55(68-44)41-24-17-12-18-25-41)31-45-47(65-43)34-57(4)51(66-45)33-54-60(7,72-57)53(62-36-40-22-15-11-16-23-40)30-42(64-54)26-19-29-61-35-39-20-13-10-14-21-39/h8-18,20-25,42-55H,1-2,19,26-38H2,3-7H3/t42-,43+,44-,45+,46-,47-,48+,49-,50-,51-,52+,53-,54+,55+,56+,57+,58+,59-,60-/m0/s1. The monoisotopic (exact) mass is 991 g/mol. The van der Waals surface area contributed by atoms with Gasteiger partial charge in [-0.05, 0) is 71.4 Å². The Morgan fingerprint density at radius 2 is 1.31 bits per heavy atom. The van der Waals surface area contributed by atoms with Crippen LogP contribution in [0.3, 0.4) is 0 Å². The van der Waals surface area contributed by atoms with Gasteiger partial charge in [-0.15, -0.1) is 13.2 Å². The normalized spacial score (nSPS) is 44.6. The van der Waals surface area contributed by atoms with E-state index in [2.05, 4.69) is 84.2 Å². The molecule has 3 aromatic carbocycles. The molecule has 0 radical (unpaired) electrons. The van der Waals surface area contributed by atoms with Crippen molar-refractivity contribution in [2.45, 2.75) is 226 Å². The Bertz CT molecular complexity index is 2300. The third-order valence-corrected chi connectivity index (χ3v) is 17.6. The number of benzene rings is 3. The van der Waals surface area contributed by atoms with Crippen LogP contribution in [0.15, 0.2) is 116 Å². The highest BCUT2D eigenvalue weighted by molar-refractivity contribution is 5.19. The molecule has 8 aliphatic heterocycles. The lowest BCUT2D eigenvalue weighted by atomic mass is 9.72. The second-order valence-electron chi connectivity index (χ2n) is 23.1. The van der Waals surface area contributed by atoms with Gasteiger partial charge in [0.15, 0.2) is 6.29 Å². The van der Waals surface area contributed by atoms with Crippen molar-refractivity contribution in [2.24, 2.45) is 0 Å². The molecule has 12 nitrogen and oxygen atoms in total. The molecule has 8 fully saturated rings. The average Bonchev–Trinajstić information content (AvgIpc) is 3.51. The smallest absolute Gasteiger partial charge is 0.184 e. The van der Waals surface area contributed by atoms with Gasteiger partial charge in [0.1, 0.15) is 23.9 Å². The van der Waals surface area contributed by atoms with Crippen molar-refractivity contribution < 1.29 is 56.8 Å². The first-order valence-electron chi connectivity index (χ1n) is 27.0. The van der Waals surface area contributed by atoms with Gasteiger partial charge in [-0.3, -0.25) is 0 Å². The van der Waals surface area contributed by atoms with Crippen LogP contribution in [0.4, 0.5) is 0 Å². The quantitative estimate of drug-likeness (QED) is 0.113. The highest BCUT2D eigenvalue weighted by Crippen LogP contribution is 2.55. The van der Waals surface area contributed by atoms with Gasteiger partial charge < -0.3 is 56.8 Å². The lowest BCUT2D eigenvalue weighted by Crippen LogP contribution is -2.72. The van der Waals surface area contributed by atoms with Gasteiger partial charge in [0, 0.05) is 50.7 Å². The molecule has 8 heterocycles. The molecule has 12 heteroatoms. The summed E-state index contributed by atoms with van der Waals surface area (Å²) < 4.78 is 83.0. The molecule has 0 aliphatic carbocycles. The average molecular weight is 991 g/mol. The number of fused-ring (bicyclic) bond motifs is 6. The zero-order valence-electron chi connectivity index (χ0n) is 43.1. The number of ether oxygens (including phenoxy) is 12. The predicted octanol–water partition coefficient (Wildman–Crippen LogP) is 10.3. The fourth-order valence-corrected chi connectivity index (χ4v) is 13.8. The third kappa shape index (κ3) is 10.1. The molecule has 0 saturated carbocycles. The van der Waals surface area contributed by atoms with E-state index in [9.17, 15) is 0 Å². The molecule has 0 unspecified atom stereocenters. The summed E-state index contributed by atoms with van der Waals surface area (Å²) in [4.78, 5) is 0.